The van der Waals surface area contributed by atoms with E-state index >= 15 is 0 Å². The van der Waals surface area contributed by atoms with Gasteiger partial charge in [0.1, 0.15) is 5.75 Å². The highest BCUT2D eigenvalue weighted by Crippen LogP contribution is 2.41. The Morgan fingerprint density at radius 1 is 1.20 bits per heavy atom. The minimum absolute atomic E-state index is 0.0512. The first-order valence-corrected chi connectivity index (χ1v) is 9.68. The first-order valence-electron chi connectivity index (χ1n) is 9.68. The molecule has 0 aromatic heterocycles. The summed E-state index contributed by atoms with van der Waals surface area (Å²) in [4.78, 5) is 15.0. The van der Waals surface area contributed by atoms with E-state index < -0.39 is 0 Å². The van der Waals surface area contributed by atoms with Gasteiger partial charge in [-0.3, -0.25) is 0 Å². The number of benzene rings is 1. The number of ether oxygens (including phenoxy) is 1. The standard InChI is InChI=1S/C21H28N2O2/c24-20(23-14-7-13-21(16-23)11-4-1-5-12-21)22-18-9-6-15-25-19-10-3-2-8-17(18)19/h1-4,8,10,18H,5-7,9,11-16H2,(H,22,24)/t18-,21+/m1/s1. The number of carbonyl (C=O) groups excluding carboxylic acids is 1. The van der Waals surface area contributed by atoms with Gasteiger partial charge >= 0.3 is 6.03 Å². The Labute approximate surface area is 150 Å². The molecule has 0 unspecified atom stereocenters. The number of nitrogens with one attached hydrogen (secondary N) is 1. The SMILES string of the molecule is O=C(N[C@@H]1CCCOc2ccccc21)N1CCC[C@@]2(CC=CCC2)C1. The van der Waals surface area contributed by atoms with Crippen LogP contribution in [0.2, 0.25) is 0 Å². The van der Waals surface area contributed by atoms with Gasteiger partial charge in [0, 0.05) is 18.7 Å². The van der Waals surface area contributed by atoms with Crippen LogP contribution in [0.25, 0.3) is 0 Å². The summed E-state index contributed by atoms with van der Waals surface area (Å²) in [6.45, 7) is 2.50. The van der Waals surface area contributed by atoms with E-state index in [-0.39, 0.29) is 12.1 Å². The predicted molar refractivity (Wildman–Crippen MR) is 98.7 cm³/mol. The number of fused-ring (bicyclic) bond motifs is 1. The Morgan fingerprint density at radius 3 is 3.00 bits per heavy atom. The molecule has 25 heavy (non-hydrogen) atoms. The lowest BCUT2D eigenvalue weighted by Crippen LogP contribution is -2.50. The number of hydrogen-bond donors (Lipinski definition) is 1. The Bertz CT molecular complexity index is 657. The number of amides is 2. The fourth-order valence-electron chi connectivity index (χ4n) is 4.61. The van der Waals surface area contributed by atoms with Crippen molar-refractivity contribution in [3.63, 3.8) is 0 Å². The Morgan fingerprint density at radius 2 is 2.12 bits per heavy atom. The molecule has 1 aliphatic carbocycles. The van der Waals surface area contributed by atoms with E-state index in [0.29, 0.717) is 5.41 Å². The zero-order valence-electron chi connectivity index (χ0n) is 14.9. The monoisotopic (exact) mass is 340 g/mol. The minimum atomic E-state index is 0.0512. The lowest BCUT2D eigenvalue weighted by molar-refractivity contribution is 0.0944. The average Bonchev–Trinajstić information content (AvgIpc) is 2.85. The third-order valence-corrected chi connectivity index (χ3v) is 5.99. The van der Waals surface area contributed by atoms with Crippen LogP contribution in [0.15, 0.2) is 36.4 Å². The Hall–Kier alpha value is -1.97. The fraction of sp³-hybridized carbons (Fsp3) is 0.571. The Balaban J connectivity index is 1.46. The van der Waals surface area contributed by atoms with Crippen molar-refractivity contribution in [2.75, 3.05) is 19.7 Å². The molecule has 0 bridgehead atoms. The van der Waals surface area contributed by atoms with Crippen molar-refractivity contribution >= 4 is 6.03 Å². The van der Waals surface area contributed by atoms with Gasteiger partial charge in [-0.15, -0.1) is 0 Å². The van der Waals surface area contributed by atoms with E-state index in [0.717, 1.165) is 63.1 Å². The van der Waals surface area contributed by atoms with E-state index in [1.807, 2.05) is 18.2 Å². The molecule has 1 aromatic carbocycles. The van der Waals surface area contributed by atoms with Crippen molar-refractivity contribution in [1.82, 2.24) is 10.2 Å². The lowest BCUT2D eigenvalue weighted by atomic mass is 9.71. The maximum Gasteiger partial charge on any atom is 0.317 e. The highest BCUT2D eigenvalue weighted by atomic mass is 16.5. The second-order valence-electron chi connectivity index (χ2n) is 7.77. The Kier molecular flexibility index (Phi) is 4.69. The van der Waals surface area contributed by atoms with E-state index in [4.69, 9.17) is 4.74 Å². The minimum Gasteiger partial charge on any atom is -0.493 e. The van der Waals surface area contributed by atoms with Crippen molar-refractivity contribution in [1.29, 1.82) is 0 Å². The van der Waals surface area contributed by atoms with Crippen LogP contribution in [0.4, 0.5) is 4.79 Å². The molecule has 1 saturated heterocycles. The molecule has 4 rings (SSSR count). The maximum atomic E-state index is 13.0. The number of urea groups is 1. The molecular formula is C21H28N2O2. The van der Waals surface area contributed by atoms with Crippen molar-refractivity contribution in [3.05, 3.63) is 42.0 Å². The van der Waals surface area contributed by atoms with E-state index in [9.17, 15) is 4.79 Å². The van der Waals surface area contributed by atoms with Crippen molar-refractivity contribution in [2.45, 2.75) is 51.0 Å². The van der Waals surface area contributed by atoms with Gasteiger partial charge in [-0.05, 0) is 56.4 Å². The van der Waals surface area contributed by atoms with Gasteiger partial charge in [0.05, 0.1) is 12.6 Å². The van der Waals surface area contributed by atoms with Gasteiger partial charge in [0.15, 0.2) is 0 Å². The van der Waals surface area contributed by atoms with Gasteiger partial charge in [-0.1, -0.05) is 30.4 Å². The summed E-state index contributed by atoms with van der Waals surface area (Å²) >= 11 is 0. The lowest BCUT2D eigenvalue weighted by Gasteiger charge is -2.44. The first-order chi connectivity index (χ1) is 12.3. The topological polar surface area (TPSA) is 41.6 Å². The van der Waals surface area contributed by atoms with Crippen LogP contribution in [0.1, 0.15) is 56.6 Å². The third-order valence-electron chi connectivity index (χ3n) is 5.99. The summed E-state index contributed by atoms with van der Waals surface area (Å²) in [5, 5.41) is 3.30. The molecule has 2 amide bonds. The van der Waals surface area contributed by atoms with Gasteiger partial charge < -0.3 is 15.0 Å². The molecule has 4 nitrogen and oxygen atoms in total. The molecule has 1 N–H and O–H groups in total. The van der Waals surface area contributed by atoms with Gasteiger partial charge in [-0.25, -0.2) is 4.79 Å². The molecular weight excluding hydrogens is 312 g/mol. The van der Waals surface area contributed by atoms with E-state index in [1.54, 1.807) is 0 Å². The normalized spacial score (nSPS) is 28.8. The molecule has 134 valence electrons. The van der Waals surface area contributed by atoms with E-state index in [2.05, 4.69) is 28.4 Å². The van der Waals surface area contributed by atoms with Crippen LogP contribution in [0.5, 0.6) is 5.75 Å². The van der Waals surface area contributed by atoms with Crippen LogP contribution in [0, 0.1) is 5.41 Å². The molecule has 0 radical (unpaired) electrons. The quantitative estimate of drug-likeness (QED) is 0.768. The number of nitrogens with zero attached hydrogens (tertiary/aromatic N) is 1. The number of likely N-dealkylation sites (tertiary alicyclic amines) is 1. The van der Waals surface area contributed by atoms with Crippen LogP contribution in [-0.4, -0.2) is 30.6 Å². The zero-order valence-corrected chi connectivity index (χ0v) is 14.9. The molecule has 1 spiro atoms. The molecule has 0 saturated carbocycles. The average molecular weight is 340 g/mol. The van der Waals surface area contributed by atoms with Gasteiger partial charge in [-0.2, -0.15) is 0 Å². The first kappa shape index (κ1) is 16.5. The van der Waals surface area contributed by atoms with Crippen LogP contribution in [-0.2, 0) is 0 Å². The summed E-state index contributed by atoms with van der Waals surface area (Å²) in [5.41, 5.74) is 1.43. The highest BCUT2D eigenvalue weighted by Gasteiger charge is 2.37. The molecule has 2 heterocycles. The number of para-hydroxylation sites is 1. The summed E-state index contributed by atoms with van der Waals surface area (Å²) < 4.78 is 5.82. The molecule has 1 aromatic rings. The van der Waals surface area contributed by atoms with Gasteiger partial charge in [0.2, 0.25) is 0 Å². The second-order valence-corrected chi connectivity index (χ2v) is 7.77. The summed E-state index contributed by atoms with van der Waals surface area (Å²) in [7, 11) is 0. The number of piperidine rings is 1. The number of rotatable bonds is 1. The molecule has 1 fully saturated rings. The highest BCUT2D eigenvalue weighted by molar-refractivity contribution is 5.75. The third kappa shape index (κ3) is 3.53. The number of hydrogen-bond acceptors (Lipinski definition) is 2. The molecule has 2 aliphatic heterocycles. The predicted octanol–water partition coefficient (Wildman–Crippen LogP) is 4.43. The van der Waals surface area contributed by atoms with Crippen LogP contribution >= 0.6 is 0 Å². The molecule has 2 atom stereocenters. The fourth-order valence-corrected chi connectivity index (χ4v) is 4.61. The van der Waals surface area contributed by atoms with Crippen LogP contribution < -0.4 is 10.1 Å². The largest absolute Gasteiger partial charge is 0.493 e. The molecule has 3 aliphatic rings. The number of allylic oxidation sites excluding steroid dienone is 2. The second kappa shape index (κ2) is 7.11. The van der Waals surface area contributed by atoms with Crippen molar-refractivity contribution in [2.24, 2.45) is 5.41 Å². The summed E-state index contributed by atoms with van der Waals surface area (Å²) in [5.74, 6) is 0.915. The number of carbonyl (C=O) groups is 1. The summed E-state index contributed by atoms with van der Waals surface area (Å²) in [6, 6.07) is 8.25. The zero-order chi connectivity index (χ0) is 17.1. The maximum absolute atomic E-state index is 13.0. The van der Waals surface area contributed by atoms with Crippen molar-refractivity contribution in [3.8, 4) is 5.75 Å². The van der Waals surface area contributed by atoms with Crippen LogP contribution in [0.3, 0.4) is 0 Å². The van der Waals surface area contributed by atoms with Gasteiger partial charge in [0.25, 0.3) is 0 Å². The smallest absolute Gasteiger partial charge is 0.317 e. The van der Waals surface area contributed by atoms with Crippen molar-refractivity contribution < 1.29 is 9.53 Å². The summed E-state index contributed by atoms with van der Waals surface area (Å²) in [6.07, 6.45) is 12.4. The van der Waals surface area contributed by atoms with E-state index in [1.165, 1.54) is 12.8 Å². The molecule has 4 heteroatoms.